The summed E-state index contributed by atoms with van der Waals surface area (Å²) in [7, 11) is 0. The van der Waals surface area contributed by atoms with E-state index >= 15 is 0 Å². The van der Waals surface area contributed by atoms with Gasteiger partial charge in [0.25, 0.3) is 0 Å². The van der Waals surface area contributed by atoms with E-state index in [0.717, 1.165) is 0 Å². The first-order chi connectivity index (χ1) is 12.5. The van der Waals surface area contributed by atoms with Crippen molar-refractivity contribution in [1.29, 1.82) is 0 Å². The van der Waals surface area contributed by atoms with Crippen LogP contribution < -0.4 is 10.6 Å². The van der Waals surface area contributed by atoms with Crippen molar-refractivity contribution in [3.8, 4) is 0 Å². The normalized spacial score (nSPS) is 12.1. The third-order valence-corrected chi connectivity index (χ3v) is 2.90. The molecule has 0 fully saturated rings. The number of rotatable bonds is 9. The summed E-state index contributed by atoms with van der Waals surface area (Å²) in [6.45, 7) is -1.63. The van der Waals surface area contributed by atoms with Gasteiger partial charge in [-0.2, -0.15) is 26.3 Å². The summed E-state index contributed by atoms with van der Waals surface area (Å²) in [6, 6.07) is 8.03. The highest BCUT2D eigenvalue weighted by Gasteiger charge is 2.38. The number of ether oxygens (including phenoxy) is 2. The molecule has 1 aromatic carbocycles. The highest BCUT2D eigenvalue weighted by molar-refractivity contribution is 5.81. The lowest BCUT2D eigenvalue weighted by Crippen LogP contribution is -2.39. The van der Waals surface area contributed by atoms with Crippen LogP contribution in [0.5, 0.6) is 0 Å². The first-order valence-corrected chi connectivity index (χ1v) is 7.50. The lowest BCUT2D eigenvalue weighted by atomic mass is 10.2. The Hall–Kier alpha value is -2.34. The molecule has 0 aromatic heterocycles. The minimum atomic E-state index is -5.02. The van der Waals surface area contributed by atoms with Gasteiger partial charge < -0.3 is 20.1 Å². The van der Waals surface area contributed by atoms with Crippen LogP contribution in [0.25, 0.3) is 0 Å². The molecular formula is C15H16F6N2O4. The van der Waals surface area contributed by atoms with E-state index in [1.165, 1.54) is 0 Å². The molecule has 0 bridgehead atoms. The molecule has 0 unspecified atom stereocenters. The van der Waals surface area contributed by atoms with Crippen LogP contribution >= 0.6 is 0 Å². The van der Waals surface area contributed by atoms with Crippen molar-refractivity contribution in [3.05, 3.63) is 35.9 Å². The lowest BCUT2D eigenvalue weighted by molar-refractivity contribution is -0.176. The third kappa shape index (κ3) is 8.73. The number of hydrogen-bond acceptors (Lipinski definition) is 4. The van der Waals surface area contributed by atoms with E-state index < -0.39 is 43.5 Å². The van der Waals surface area contributed by atoms with Crippen molar-refractivity contribution in [3.63, 3.8) is 0 Å². The zero-order valence-corrected chi connectivity index (χ0v) is 13.7. The predicted octanol–water partition coefficient (Wildman–Crippen LogP) is 2.08. The van der Waals surface area contributed by atoms with Crippen molar-refractivity contribution >= 4 is 11.8 Å². The van der Waals surface area contributed by atoms with Gasteiger partial charge in [-0.1, -0.05) is 30.3 Å². The second-order valence-corrected chi connectivity index (χ2v) is 4.99. The van der Waals surface area contributed by atoms with Crippen molar-refractivity contribution in [2.24, 2.45) is 0 Å². The molecule has 6 nitrogen and oxygen atoms in total. The van der Waals surface area contributed by atoms with E-state index in [4.69, 9.17) is 9.47 Å². The molecule has 0 saturated heterocycles. The van der Waals surface area contributed by atoms with Gasteiger partial charge in [0.05, 0.1) is 13.2 Å². The molecule has 0 heterocycles. The Morgan fingerprint density at radius 1 is 0.815 bits per heavy atom. The van der Waals surface area contributed by atoms with Crippen LogP contribution in [0, 0.1) is 0 Å². The summed E-state index contributed by atoms with van der Waals surface area (Å²) in [6.07, 6.45) is -11.2. The maximum atomic E-state index is 12.1. The largest absolute Gasteiger partial charge is 0.471 e. The van der Waals surface area contributed by atoms with Crippen LogP contribution in [0.1, 0.15) is 11.9 Å². The van der Waals surface area contributed by atoms with E-state index in [9.17, 15) is 35.9 Å². The van der Waals surface area contributed by atoms with Gasteiger partial charge >= 0.3 is 24.2 Å². The molecule has 0 aliphatic carbocycles. The molecular weight excluding hydrogens is 386 g/mol. The van der Waals surface area contributed by atoms with E-state index in [2.05, 4.69) is 0 Å². The molecule has 0 radical (unpaired) electrons. The Labute approximate surface area is 149 Å². The molecule has 0 spiro atoms. The standard InChI is InChI=1S/C15H16F6N2O4/c16-14(17,18)12(24)22-6-8-26-11(10-4-2-1-3-5-10)27-9-7-23-13(25)15(19,20)21/h1-5,11H,6-9H2,(H,22,24)(H,23,25). The van der Waals surface area contributed by atoms with Crippen molar-refractivity contribution in [2.75, 3.05) is 26.3 Å². The minimum absolute atomic E-state index is 0.351. The first kappa shape index (κ1) is 22.7. The lowest BCUT2D eigenvalue weighted by Gasteiger charge is -2.19. The third-order valence-electron chi connectivity index (χ3n) is 2.90. The Morgan fingerprint density at radius 2 is 1.22 bits per heavy atom. The van der Waals surface area contributed by atoms with Crippen LogP contribution in [-0.4, -0.2) is 50.5 Å². The Morgan fingerprint density at radius 3 is 1.59 bits per heavy atom. The zero-order chi connectivity index (χ0) is 20.5. The van der Waals surface area contributed by atoms with Gasteiger partial charge in [0.1, 0.15) is 0 Å². The highest BCUT2D eigenvalue weighted by atomic mass is 19.4. The maximum Gasteiger partial charge on any atom is 0.471 e. The number of amides is 2. The Balaban J connectivity index is 2.48. The Bertz CT molecular complexity index is 573. The number of hydrogen-bond donors (Lipinski definition) is 2. The van der Waals surface area contributed by atoms with Gasteiger partial charge in [-0.05, 0) is 0 Å². The average Bonchev–Trinajstić information content (AvgIpc) is 2.58. The van der Waals surface area contributed by atoms with Crippen LogP contribution in [0.3, 0.4) is 0 Å². The minimum Gasteiger partial charge on any atom is -0.347 e. The van der Waals surface area contributed by atoms with Gasteiger partial charge in [0.2, 0.25) is 0 Å². The number of carbonyl (C=O) groups is 2. The van der Waals surface area contributed by atoms with Gasteiger partial charge in [-0.15, -0.1) is 0 Å². The van der Waals surface area contributed by atoms with Crippen molar-refractivity contribution < 1.29 is 45.4 Å². The molecule has 1 rings (SSSR count). The first-order valence-electron chi connectivity index (χ1n) is 7.50. The molecule has 0 aliphatic rings. The van der Waals surface area contributed by atoms with Gasteiger partial charge in [0.15, 0.2) is 6.29 Å². The molecule has 2 amide bonds. The predicted molar refractivity (Wildman–Crippen MR) is 79.2 cm³/mol. The molecule has 152 valence electrons. The van der Waals surface area contributed by atoms with Crippen molar-refractivity contribution in [1.82, 2.24) is 10.6 Å². The molecule has 0 atom stereocenters. The molecule has 0 saturated carbocycles. The quantitative estimate of drug-likeness (QED) is 0.377. The number of alkyl halides is 6. The van der Waals surface area contributed by atoms with E-state index in [1.807, 2.05) is 0 Å². The van der Waals surface area contributed by atoms with Gasteiger partial charge in [0, 0.05) is 18.7 Å². The number of nitrogens with one attached hydrogen (secondary N) is 2. The van der Waals surface area contributed by atoms with E-state index in [1.54, 1.807) is 41.0 Å². The summed E-state index contributed by atoms with van der Waals surface area (Å²) in [5.74, 6) is -4.25. The number of benzene rings is 1. The zero-order valence-electron chi connectivity index (χ0n) is 13.7. The smallest absolute Gasteiger partial charge is 0.347 e. The molecule has 12 heteroatoms. The fraction of sp³-hybridized carbons (Fsp3) is 0.467. The number of halogens is 6. The summed E-state index contributed by atoms with van der Waals surface area (Å²) < 4.78 is 82.8. The van der Waals surface area contributed by atoms with Crippen LogP contribution in [-0.2, 0) is 19.1 Å². The summed E-state index contributed by atoms with van der Waals surface area (Å²) >= 11 is 0. The van der Waals surface area contributed by atoms with E-state index in [0.29, 0.717) is 5.56 Å². The molecule has 0 aliphatic heterocycles. The molecule has 1 aromatic rings. The second kappa shape index (κ2) is 10.1. The summed E-state index contributed by atoms with van der Waals surface area (Å²) in [5.41, 5.74) is 0.446. The summed E-state index contributed by atoms with van der Waals surface area (Å²) in [5, 5.41) is 3.20. The highest BCUT2D eigenvalue weighted by Crippen LogP contribution is 2.19. The Kier molecular flexibility index (Phi) is 8.50. The van der Waals surface area contributed by atoms with Crippen LogP contribution in [0.2, 0.25) is 0 Å². The topological polar surface area (TPSA) is 76.7 Å². The second-order valence-electron chi connectivity index (χ2n) is 4.99. The van der Waals surface area contributed by atoms with Gasteiger partial charge in [-0.3, -0.25) is 9.59 Å². The van der Waals surface area contributed by atoms with Crippen LogP contribution in [0.15, 0.2) is 30.3 Å². The van der Waals surface area contributed by atoms with Gasteiger partial charge in [-0.25, -0.2) is 0 Å². The number of carbonyl (C=O) groups excluding carboxylic acids is 2. The summed E-state index contributed by atoms with van der Waals surface area (Å²) in [4.78, 5) is 21.4. The molecule has 27 heavy (non-hydrogen) atoms. The molecule has 2 N–H and O–H groups in total. The van der Waals surface area contributed by atoms with E-state index in [-0.39, 0.29) is 13.2 Å². The fourth-order valence-corrected chi connectivity index (χ4v) is 1.71. The maximum absolute atomic E-state index is 12.1. The fourth-order valence-electron chi connectivity index (χ4n) is 1.71. The van der Waals surface area contributed by atoms with Crippen molar-refractivity contribution in [2.45, 2.75) is 18.6 Å². The SMILES string of the molecule is O=C(NCCOC(OCCNC(=O)C(F)(F)F)c1ccccc1)C(F)(F)F. The average molecular weight is 402 g/mol. The monoisotopic (exact) mass is 402 g/mol. The van der Waals surface area contributed by atoms with Crippen LogP contribution in [0.4, 0.5) is 26.3 Å².